The average Bonchev–Trinajstić information content (AvgIpc) is 2.89. The molecule has 1 saturated heterocycles. The first-order valence-corrected chi connectivity index (χ1v) is 10.8. The molecular formula is C19H30N2O3S. The molecule has 1 N–H and O–H groups in total. The number of nitrogens with zero attached hydrogens (tertiary/aromatic N) is 1. The molecule has 2 rings (SSSR count). The van der Waals surface area contributed by atoms with E-state index in [9.17, 15) is 13.2 Å². The van der Waals surface area contributed by atoms with Crippen molar-refractivity contribution in [3.8, 4) is 0 Å². The van der Waals surface area contributed by atoms with Gasteiger partial charge in [-0.15, -0.1) is 0 Å². The molecule has 0 unspecified atom stereocenters. The molecule has 25 heavy (non-hydrogen) atoms. The van der Waals surface area contributed by atoms with Crippen molar-refractivity contribution in [2.24, 2.45) is 0 Å². The highest BCUT2D eigenvalue weighted by Crippen LogP contribution is 2.22. The number of carbonyl (C=O) groups is 1. The zero-order chi connectivity index (χ0) is 18.4. The number of carbonyl (C=O) groups excluding carboxylic acids is 1. The van der Waals surface area contributed by atoms with Gasteiger partial charge in [0, 0.05) is 24.7 Å². The lowest BCUT2D eigenvalue weighted by atomic mass is 10.1. The minimum absolute atomic E-state index is 0.109. The Labute approximate surface area is 151 Å². The van der Waals surface area contributed by atoms with Gasteiger partial charge in [0.05, 0.1) is 4.90 Å². The van der Waals surface area contributed by atoms with Crippen molar-refractivity contribution < 1.29 is 13.2 Å². The molecule has 1 aromatic rings. The molecule has 6 heteroatoms. The quantitative estimate of drug-likeness (QED) is 0.838. The van der Waals surface area contributed by atoms with E-state index in [1.54, 1.807) is 16.4 Å². The second kappa shape index (κ2) is 8.81. The van der Waals surface area contributed by atoms with E-state index >= 15 is 0 Å². The Balaban J connectivity index is 2.29. The minimum atomic E-state index is -3.54. The number of hydrogen-bond donors (Lipinski definition) is 1. The van der Waals surface area contributed by atoms with Crippen molar-refractivity contribution in [1.82, 2.24) is 9.62 Å². The molecule has 140 valence electrons. The highest BCUT2D eigenvalue weighted by Gasteiger charge is 2.26. The van der Waals surface area contributed by atoms with E-state index in [1.807, 2.05) is 20.8 Å². The van der Waals surface area contributed by atoms with Gasteiger partial charge in [0.25, 0.3) is 5.91 Å². The van der Waals surface area contributed by atoms with Gasteiger partial charge in [-0.3, -0.25) is 4.79 Å². The van der Waals surface area contributed by atoms with Gasteiger partial charge < -0.3 is 5.32 Å². The molecule has 1 fully saturated rings. The first-order chi connectivity index (χ1) is 11.9. The van der Waals surface area contributed by atoms with Crippen LogP contribution < -0.4 is 5.32 Å². The summed E-state index contributed by atoms with van der Waals surface area (Å²) in [5, 5.41) is 2.99. The molecule has 1 amide bonds. The monoisotopic (exact) mass is 366 g/mol. The standard InChI is InChI=1S/C19H30N2O3S/c1-4-16(5-2)20-19(22)18-14-17(11-10-15(18)3)25(23,24)21-12-8-6-7-9-13-21/h10-11,14,16H,4-9,12-13H2,1-3H3,(H,20,22). The molecule has 0 atom stereocenters. The van der Waals surface area contributed by atoms with Crippen molar-refractivity contribution in [2.75, 3.05) is 13.1 Å². The maximum atomic E-state index is 13.0. The van der Waals surface area contributed by atoms with Crippen molar-refractivity contribution in [2.45, 2.75) is 70.2 Å². The van der Waals surface area contributed by atoms with E-state index in [0.29, 0.717) is 18.7 Å². The van der Waals surface area contributed by atoms with Crippen LogP contribution in [0.3, 0.4) is 0 Å². The SMILES string of the molecule is CCC(CC)NC(=O)c1cc(S(=O)(=O)N2CCCCCC2)ccc1C. The number of sulfonamides is 1. The highest BCUT2D eigenvalue weighted by atomic mass is 32.2. The second-order valence-corrected chi connectivity index (χ2v) is 8.72. The third-order valence-corrected chi connectivity index (χ3v) is 6.87. The number of nitrogens with one attached hydrogen (secondary N) is 1. The van der Waals surface area contributed by atoms with Crippen molar-refractivity contribution in [1.29, 1.82) is 0 Å². The number of benzene rings is 1. The Hall–Kier alpha value is -1.40. The van der Waals surface area contributed by atoms with Gasteiger partial charge in [0.1, 0.15) is 0 Å². The van der Waals surface area contributed by atoms with Crippen molar-refractivity contribution >= 4 is 15.9 Å². The topological polar surface area (TPSA) is 66.5 Å². The van der Waals surface area contributed by atoms with E-state index in [1.165, 1.54) is 6.07 Å². The van der Waals surface area contributed by atoms with Gasteiger partial charge in [-0.25, -0.2) is 8.42 Å². The summed E-state index contributed by atoms with van der Waals surface area (Å²) in [5.41, 5.74) is 1.24. The van der Waals surface area contributed by atoms with Crippen molar-refractivity contribution in [3.05, 3.63) is 29.3 Å². The molecule has 5 nitrogen and oxygen atoms in total. The maximum absolute atomic E-state index is 13.0. The molecule has 1 aromatic carbocycles. The third-order valence-electron chi connectivity index (χ3n) is 4.98. The van der Waals surface area contributed by atoms with Crippen LogP contribution >= 0.6 is 0 Å². The number of amides is 1. The van der Waals surface area contributed by atoms with E-state index in [0.717, 1.165) is 44.1 Å². The largest absolute Gasteiger partial charge is 0.349 e. The lowest BCUT2D eigenvalue weighted by Gasteiger charge is -2.21. The first kappa shape index (κ1) is 19.9. The average molecular weight is 367 g/mol. The third kappa shape index (κ3) is 4.82. The molecule has 0 aliphatic carbocycles. The van der Waals surface area contributed by atoms with E-state index in [4.69, 9.17) is 0 Å². The molecule has 1 aliphatic heterocycles. The summed E-state index contributed by atoms with van der Waals surface area (Å²) in [6, 6.07) is 4.99. The van der Waals surface area contributed by atoms with Crippen LogP contribution in [0.15, 0.2) is 23.1 Å². The van der Waals surface area contributed by atoms with Gasteiger partial charge in [-0.05, 0) is 50.3 Å². The molecule has 1 heterocycles. The Kier molecular flexibility index (Phi) is 7.02. The van der Waals surface area contributed by atoms with E-state index < -0.39 is 10.0 Å². The zero-order valence-electron chi connectivity index (χ0n) is 15.5. The van der Waals surface area contributed by atoms with Gasteiger partial charge in [-0.1, -0.05) is 32.8 Å². The van der Waals surface area contributed by atoms with Crippen LogP contribution in [-0.4, -0.2) is 37.8 Å². The van der Waals surface area contributed by atoms with Crippen LogP contribution in [0.5, 0.6) is 0 Å². The normalized spacial score (nSPS) is 16.6. The van der Waals surface area contributed by atoms with Gasteiger partial charge in [-0.2, -0.15) is 4.31 Å². The summed E-state index contributed by atoms with van der Waals surface area (Å²) < 4.78 is 27.5. The van der Waals surface area contributed by atoms with Crippen LogP contribution in [0.25, 0.3) is 0 Å². The predicted molar refractivity (Wildman–Crippen MR) is 100 cm³/mol. The number of aryl methyl sites for hydroxylation is 1. The molecule has 0 radical (unpaired) electrons. The summed E-state index contributed by atoms with van der Waals surface area (Å²) in [7, 11) is -3.54. The van der Waals surface area contributed by atoms with Crippen LogP contribution in [-0.2, 0) is 10.0 Å². The Bertz CT molecular complexity index is 689. The van der Waals surface area contributed by atoms with Gasteiger partial charge in [0.2, 0.25) is 10.0 Å². The summed E-state index contributed by atoms with van der Waals surface area (Å²) in [6.45, 7) is 7.02. The molecular weight excluding hydrogens is 336 g/mol. The molecule has 0 spiro atoms. The fraction of sp³-hybridized carbons (Fsp3) is 0.632. The molecule has 1 aliphatic rings. The fourth-order valence-corrected chi connectivity index (χ4v) is 4.74. The lowest BCUT2D eigenvalue weighted by molar-refractivity contribution is 0.0934. The van der Waals surface area contributed by atoms with Crippen LogP contribution in [0.1, 0.15) is 68.3 Å². The zero-order valence-corrected chi connectivity index (χ0v) is 16.4. The van der Waals surface area contributed by atoms with Crippen LogP contribution in [0.2, 0.25) is 0 Å². The first-order valence-electron chi connectivity index (χ1n) is 9.31. The number of rotatable bonds is 6. The summed E-state index contributed by atoms with van der Waals surface area (Å²) in [4.78, 5) is 12.8. The molecule has 0 aromatic heterocycles. The minimum Gasteiger partial charge on any atom is -0.349 e. The van der Waals surface area contributed by atoms with Gasteiger partial charge in [0.15, 0.2) is 0 Å². The smallest absolute Gasteiger partial charge is 0.251 e. The van der Waals surface area contributed by atoms with E-state index in [-0.39, 0.29) is 16.8 Å². The Morgan fingerprint density at radius 2 is 1.72 bits per heavy atom. The van der Waals surface area contributed by atoms with E-state index in [2.05, 4.69) is 5.32 Å². The van der Waals surface area contributed by atoms with Crippen molar-refractivity contribution in [3.63, 3.8) is 0 Å². The highest BCUT2D eigenvalue weighted by molar-refractivity contribution is 7.89. The predicted octanol–water partition coefficient (Wildman–Crippen LogP) is 3.48. The maximum Gasteiger partial charge on any atom is 0.251 e. The molecule has 0 bridgehead atoms. The number of hydrogen-bond acceptors (Lipinski definition) is 3. The second-order valence-electron chi connectivity index (χ2n) is 6.78. The lowest BCUT2D eigenvalue weighted by Crippen LogP contribution is -2.35. The summed E-state index contributed by atoms with van der Waals surface area (Å²) in [6.07, 6.45) is 5.65. The Morgan fingerprint density at radius 1 is 1.12 bits per heavy atom. The van der Waals surface area contributed by atoms with Gasteiger partial charge >= 0.3 is 0 Å². The van der Waals surface area contributed by atoms with Crippen LogP contribution in [0, 0.1) is 6.92 Å². The Morgan fingerprint density at radius 3 is 2.28 bits per heavy atom. The fourth-order valence-electron chi connectivity index (χ4n) is 3.19. The molecule has 0 saturated carbocycles. The summed E-state index contributed by atoms with van der Waals surface area (Å²) >= 11 is 0. The summed E-state index contributed by atoms with van der Waals surface area (Å²) in [5.74, 6) is -0.195. The van der Waals surface area contributed by atoms with Crippen LogP contribution in [0.4, 0.5) is 0 Å².